The number of benzene rings is 2. The Balaban J connectivity index is 1.57. The number of ether oxygens (including phenoxy) is 1. The van der Waals surface area contributed by atoms with E-state index in [1.165, 1.54) is 11.1 Å². The lowest BCUT2D eigenvalue weighted by Crippen LogP contribution is -2.18. The van der Waals surface area contributed by atoms with Gasteiger partial charge in [-0.15, -0.1) is 0 Å². The van der Waals surface area contributed by atoms with Gasteiger partial charge in [0.05, 0.1) is 19.1 Å². The lowest BCUT2D eigenvalue weighted by atomic mass is 9.96. The summed E-state index contributed by atoms with van der Waals surface area (Å²) in [5.41, 5.74) is 3.39. The Labute approximate surface area is 139 Å². The zero-order valence-electron chi connectivity index (χ0n) is 12.4. The van der Waals surface area contributed by atoms with Crippen molar-refractivity contribution in [3.05, 3.63) is 70.6 Å². The third-order valence-electron chi connectivity index (χ3n) is 4.00. The lowest BCUT2D eigenvalue weighted by Gasteiger charge is -2.24. The Morgan fingerprint density at radius 2 is 2.04 bits per heavy atom. The molecular formula is C18H15ClN2O2. The third-order valence-corrected chi connectivity index (χ3v) is 4.24. The van der Waals surface area contributed by atoms with Gasteiger partial charge in [0.1, 0.15) is 0 Å². The highest BCUT2D eigenvalue weighted by Gasteiger charge is 2.23. The van der Waals surface area contributed by atoms with Crippen molar-refractivity contribution in [3.63, 3.8) is 0 Å². The van der Waals surface area contributed by atoms with Gasteiger partial charge in [-0.05, 0) is 29.7 Å². The smallest absolute Gasteiger partial charge is 0.229 e. The van der Waals surface area contributed by atoms with Crippen LogP contribution in [0.2, 0.25) is 5.02 Å². The minimum atomic E-state index is -0.0346. The van der Waals surface area contributed by atoms with Crippen molar-refractivity contribution in [1.82, 2.24) is 10.1 Å². The van der Waals surface area contributed by atoms with Crippen molar-refractivity contribution in [2.24, 2.45) is 0 Å². The molecule has 0 aliphatic carbocycles. The quantitative estimate of drug-likeness (QED) is 0.722. The summed E-state index contributed by atoms with van der Waals surface area (Å²) >= 11 is 6.01. The maximum atomic E-state index is 6.01. The SMILES string of the molecule is Clc1cccc(-c2noc(CC3OCCc4ccccc43)n2)c1. The zero-order chi connectivity index (χ0) is 15.6. The molecule has 1 aromatic heterocycles. The van der Waals surface area contributed by atoms with Crippen LogP contribution in [0.3, 0.4) is 0 Å². The van der Waals surface area contributed by atoms with Gasteiger partial charge in [0.15, 0.2) is 0 Å². The van der Waals surface area contributed by atoms with Gasteiger partial charge in [-0.3, -0.25) is 0 Å². The van der Waals surface area contributed by atoms with Gasteiger partial charge in [-0.1, -0.05) is 53.2 Å². The van der Waals surface area contributed by atoms with E-state index in [2.05, 4.69) is 28.3 Å². The summed E-state index contributed by atoms with van der Waals surface area (Å²) in [4.78, 5) is 4.47. The molecule has 1 unspecified atom stereocenters. The first kappa shape index (κ1) is 14.4. The summed E-state index contributed by atoms with van der Waals surface area (Å²) in [5, 5.41) is 4.70. The van der Waals surface area contributed by atoms with Crippen molar-refractivity contribution < 1.29 is 9.26 Å². The maximum Gasteiger partial charge on any atom is 0.229 e. The van der Waals surface area contributed by atoms with E-state index in [0.29, 0.717) is 23.2 Å². The van der Waals surface area contributed by atoms with E-state index in [-0.39, 0.29) is 6.10 Å². The molecule has 0 fully saturated rings. The summed E-state index contributed by atoms with van der Waals surface area (Å²) in [6.45, 7) is 0.719. The Morgan fingerprint density at radius 1 is 1.13 bits per heavy atom. The minimum absolute atomic E-state index is 0.0346. The van der Waals surface area contributed by atoms with Crippen LogP contribution in [-0.4, -0.2) is 16.7 Å². The highest BCUT2D eigenvalue weighted by Crippen LogP contribution is 2.30. The number of rotatable bonds is 3. The second kappa shape index (κ2) is 6.14. The fourth-order valence-corrected chi connectivity index (χ4v) is 3.08. The molecule has 4 nitrogen and oxygen atoms in total. The first-order valence-electron chi connectivity index (χ1n) is 7.57. The number of hydrogen-bond donors (Lipinski definition) is 0. The highest BCUT2D eigenvalue weighted by molar-refractivity contribution is 6.30. The second-order valence-electron chi connectivity index (χ2n) is 5.53. The molecule has 4 rings (SSSR count). The van der Waals surface area contributed by atoms with Crippen LogP contribution < -0.4 is 0 Å². The third kappa shape index (κ3) is 3.00. The topological polar surface area (TPSA) is 48.2 Å². The normalized spacial score (nSPS) is 17.0. The average Bonchev–Trinajstić information content (AvgIpc) is 3.04. The fraction of sp³-hybridized carbons (Fsp3) is 0.222. The van der Waals surface area contributed by atoms with Gasteiger partial charge in [0.2, 0.25) is 11.7 Å². The van der Waals surface area contributed by atoms with Crippen molar-refractivity contribution in [2.75, 3.05) is 6.61 Å². The van der Waals surface area contributed by atoms with Gasteiger partial charge >= 0.3 is 0 Å². The van der Waals surface area contributed by atoms with Gasteiger partial charge in [0, 0.05) is 10.6 Å². The van der Waals surface area contributed by atoms with Gasteiger partial charge in [-0.25, -0.2) is 0 Å². The van der Waals surface area contributed by atoms with Gasteiger partial charge in [-0.2, -0.15) is 4.98 Å². The van der Waals surface area contributed by atoms with E-state index in [4.69, 9.17) is 20.9 Å². The Morgan fingerprint density at radius 3 is 2.96 bits per heavy atom. The molecule has 0 saturated heterocycles. The number of hydrogen-bond acceptors (Lipinski definition) is 4. The van der Waals surface area contributed by atoms with E-state index >= 15 is 0 Å². The van der Waals surface area contributed by atoms with Crippen LogP contribution in [0.1, 0.15) is 23.1 Å². The Bertz CT molecular complexity index is 831. The fourth-order valence-electron chi connectivity index (χ4n) is 2.89. The summed E-state index contributed by atoms with van der Waals surface area (Å²) in [5.74, 6) is 1.12. The van der Waals surface area contributed by atoms with Crippen LogP contribution in [-0.2, 0) is 17.6 Å². The van der Waals surface area contributed by atoms with Crippen molar-refractivity contribution in [1.29, 1.82) is 0 Å². The molecule has 3 aromatic rings. The molecule has 0 radical (unpaired) electrons. The summed E-state index contributed by atoms with van der Waals surface area (Å²) < 4.78 is 11.3. The van der Waals surface area contributed by atoms with Crippen molar-refractivity contribution in [3.8, 4) is 11.4 Å². The molecule has 1 aliphatic rings. The van der Waals surface area contributed by atoms with Gasteiger partial charge in [0.25, 0.3) is 0 Å². The maximum absolute atomic E-state index is 6.01. The van der Waals surface area contributed by atoms with Crippen LogP contribution in [0.5, 0.6) is 0 Å². The molecule has 1 aliphatic heterocycles. The second-order valence-corrected chi connectivity index (χ2v) is 5.97. The predicted octanol–water partition coefficient (Wildman–Crippen LogP) is 4.25. The minimum Gasteiger partial charge on any atom is -0.373 e. The van der Waals surface area contributed by atoms with Gasteiger partial charge < -0.3 is 9.26 Å². The van der Waals surface area contributed by atoms with Crippen LogP contribution in [0.4, 0.5) is 0 Å². The average molecular weight is 327 g/mol. The van der Waals surface area contributed by atoms with Crippen LogP contribution >= 0.6 is 11.6 Å². The summed E-state index contributed by atoms with van der Waals surface area (Å²) in [7, 11) is 0. The molecule has 23 heavy (non-hydrogen) atoms. The van der Waals surface area contributed by atoms with Crippen LogP contribution in [0.25, 0.3) is 11.4 Å². The number of fused-ring (bicyclic) bond motifs is 1. The van der Waals surface area contributed by atoms with E-state index in [1.54, 1.807) is 0 Å². The largest absolute Gasteiger partial charge is 0.373 e. The Kier molecular flexibility index (Phi) is 3.85. The molecule has 0 spiro atoms. The standard InChI is InChI=1S/C18H15ClN2O2/c19-14-6-3-5-13(10-14)18-20-17(23-21-18)11-16-15-7-2-1-4-12(15)8-9-22-16/h1-7,10,16H,8-9,11H2. The molecular weight excluding hydrogens is 312 g/mol. The molecule has 0 amide bonds. The summed E-state index contributed by atoms with van der Waals surface area (Å²) in [6, 6.07) is 15.8. The molecule has 1 atom stereocenters. The molecule has 5 heteroatoms. The number of nitrogens with zero attached hydrogens (tertiary/aromatic N) is 2. The summed E-state index contributed by atoms with van der Waals surface area (Å²) in [6.07, 6.45) is 1.49. The molecule has 116 valence electrons. The molecule has 0 saturated carbocycles. The zero-order valence-corrected chi connectivity index (χ0v) is 13.2. The molecule has 0 bridgehead atoms. The molecule has 2 heterocycles. The van der Waals surface area contributed by atoms with E-state index in [1.807, 2.05) is 30.3 Å². The predicted molar refractivity (Wildman–Crippen MR) is 87.3 cm³/mol. The molecule has 2 aromatic carbocycles. The van der Waals surface area contributed by atoms with E-state index < -0.39 is 0 Å². The number of halogens is 1. The number of aromatic nitrogens is 2. The first-order chi connectivity index (χ1) is 11.3. The Hall–Kier alpha value is -2.17. The lowest BCUT2D eigenvalue weighted by molar-refractivity contribution is 0.0375. The van der Waals surface area contributed by atoms with Crippen LogP contribution in [0, 0.1) is 0 Å². The van der Waals surface area contributed by atoms with E-state index in [0.717, 1.165) is 18.6 Å². The molecule has 0 N–H and O–H groups in total. The monoisotopic (exact) mass is 326 g/mol. The van der Waals surface area contributed by atoms with Crippen molar-refractivity contribution in [2.45, 2.75) is 18.9 Å². The highest BCUT2D eigenvalue weighted by atomic mass is 35.5. The van der Waals surface area contributed by atoms with Crippen LogP contribution in [0.15, 0.2) is 53.1 Å². The first-order valence-corrected chi connectivity index (χ1v) is 7.95. The van der Waals surface area contributed by atoms with E-state index in [9.17, 15) is 0 Å². The van der Waals surface area contributed by atoms with Crippen molar-refractivity contribution >= 4 is 11.6 Å².